The van der Waals surface area contributed by atoms with E-state index in [1.165, 1.54) is 6.08 Å². The van der Waals surface area contributed by atoms with Crippen molar-refractivity contribution in [3.63, 3.8) is 0 Å². The second-order valence-corrected chi connectivity index (χ2v) is 5.23. The Kier molecular flexibility index (Phi) is 7.69. The summed E-state index contributed by atoms with van der Waals surface area (Å²) in [6.07, 6.45) is 1.48. The molecular formula is C18H23NO4. The van der Waals surface area contributed by atoms with Crippen molar-refractivity contribution in [1.29, 1.82) is 5.26 Å². The standard InChI is InChI=1S/C18H23NO4/c1-5-21-17-10-14(7-8-16(17)23-12-13(3)4)9-15(11-19)18(20)22-6-2/h7-10,13H,5-6,12H2,1-4H3/b15-9-. The first kappa shape index (κ1) is 18.6. The van der Waals surface area contributed by atoms with Crippen LogP contribution in [-0.2, 0) is 9.53 Å². The number of nitrogens with zero attached hydrogens (tertiary/aromatic N) is 1. The van der Waals surface area contributed by atoms with Gasteiger partial charge in [-0.05, 0) is 43.5 Å². The number of esters is 1. The summed E-state index contributed by atoms with van der Waals surface area (Å²) >= 11 is 0. The summed E-state index contributed by atoms with van der Waals surface area (Å²) in [5.41, 5.74) is 0.625. The van der Waals surface area contributed by atoms with Gasteiger partial charge in [-0.3, -0.25) is 0 Å². The second-order valence-electron chi connectivity index (χ2n) is 5.23. The normalized spacial score (nSPS) is 11.0. The number of benzene rings is 1. The van der Waals surface area contributed by atoms with Gasteiger partial charge in [0.15, 0.2) is 11.5 Å². The topological polar surface area (TPSA) is 68.6 Å². The van der Waals surface area contributed by atoms with Crippen LogP contribution >= 0.6 is 0 Å². The third-order valence-electron chi connectivity index (χ3n) is 2.77. The lowest BCUT2D eigenvalue weighted by molar-refractivity contribution is -0.137. The van der Waals surface area contributed by atoms with Gasteiger partial charge in [-0.15, -0.1) is 0 Å². The maximum absolute atomic E-state index is 11.7. The Morgan fingerprint density at radius 1 is 1.22 bits per heavy atom. The maximum Gasteiger partial charge on any atom is 0.348 e. The Hall–Kier alpha value is -2.48. The predicted octanol–water partition coefficient (Wildman–Crippen LogP) is 3.59. The molecule has 0 aliphatic rings. The van der Waals surface area contributed by atoms with Crippen LogP contribution in [0.2, 0.25) is 0 Å². The summed E-state index contributed by atoms with van der Waals surface area (Å²) < 4.78 is 16.1. The highest BCUT2D eigenvalue weighted by atomic mass is 16.5. The van der Waals surface area contributed by atoms with Crippen LogP contribution in [-0.4, -0.2) is 25.8 Å². The molecule has 0 atom stereocenters. The molecule has 124 valence electrons. The van der Waals surface area contributed by atoms with E-state index in [0.717, 1.165) is 0 Å². The van der Waals surface area contributed by atoms with Gasteiger partial charge >= 0.3 is 5.97 Å². The summed E-state index contributed by atoms with van der Waals surface area (Å²) in [5.74, 6) is 1.00. The molecule has 0 bridgehead atoms. The van der Waals surface area contributed by atoms with Gasteiger partial charge in [0, 0.05) is 0 Å². The summed E-state index contributed by atoms with van der Waals surface area (Å²) in [7, 11) is 0. The molecule has 0 aromatic heterocycles. The third kappa shape index (κ3) is 6.03. The van der Waals surface area contributed by atoms with Gasteiger partial charge in [-0.2, -0.15) is 5.26 Å². The van der Waals surface area contributed by atoms with Crippen molar-refractivity contribution in [3.8, 4) is 17.6 Å². The fourth-order valence-corrected chi connectivity index (χ4v) is 1.77. The average molecular weight is 317 g/mol. The molecule has 0 saturated carbocycles. The minimum absolute atomic E-state index is 0.0508. The van der Waals surface area contributed by atoms with Crippen molar-refractivity contribution in [3.05, 3.63) is 29.3 Å². The lowest BCUT2D eigenvalue weighted by atomic mass is 10.1. The molecule has 0 heterocycles. The lowest BCUT2D eigenvalue weighted by Crippen LogP contribution is -2.07. The van der Waals surface area contributed by atoms with Crippen LogP contribution < -0.4 is 9.47 Å². The minimum Gasteiger partial charge on any atom is -0.490 e. The predicted molar refractivity (Wildman–Crippen MR) is 88.2 cm³/mol. The molecule has 1 aromatic carbocycles. The molecule has 23 heavy (non-hydrogen) atoms. The SMILES string of the molecule is CCOC(=O)/C(C#N)=C\c1ccc(OCC(C)C)c(OCC)c1. The van der Waals surface area contributed by atoms with Gasteiger partial charge in [0.05, 0.1) is 19.8 Å². The zero-order chi connectivity index (χ0) is 17.2. The summed E-state index contributed by atoms with van der Waals surface area (Å²) in [6.45, 7) is 9.01. The van der Waals surface area contributed by atoms with Crippen molar-refractivity contribution < 1.29 is 19.0 Å². The van der Waals surface area contributed by atoms with Crippen LogP contribution in [0.1, 0.15) is 33.3 Å². The first-order valence-corrected chi connectivity index (χ1v) is 7.70. The molecule has 0 N–H and O–H groups in total. The molecule has 0 aliphatic carbocycles. The number of carbonyl (C=O) groups is 1. The fourth-order valence-electron chi connectivity index (χ4n) is 1.77. The smallest absolute Gasteiger partial charge is 0.348 e. The monoisotopic (exact) mass is 317 g/mol. The van der Waals surface area contributed by atoms with Gasteiger partial charge in [0.1, 0.15) is 11.6 Å². The van der Waals surface area contributed by atoms with E-state index in [-0.39, 0.29) is 12.2 Å². The van der Waals surface area contributed by atoms with Crippen molar-refractivity contribution >= 4 is 12.0 Å². The van der Waals surface area contributed by atoms with Crippen LogP contribution in [0.25, 0.3) is 6.08 Å². The number of ether oxygens (including phenoxy) is 3. The molecule has 0 aliphatic heterocycles. The molecule has 5 nitrogen and oxygen atoms in total. The van der Waals surface area contributed by atoms with Gasteiger partial charge in [-0.25, -0.2) is 4.79 Å². The summed E-state index contributed by atoms with van der Waals surface area (Å²) in [5, 5.41) is 9.08. The number of hydrogen-bond donors (Lipinski definition) is 0. The van der Waals surface area contributed by atoms with E-state index in [4.69, 9.17) is 19.5 Å². The Labute approximate surface area is 137 Å². The number of hydrogen-bond acceptors (Lipinski definition) is 5. The molecule has 0 amide bonds. The van der Waals surface area contributed by atoms with Crippen molar-refractivity contribution in [1.82, 2.24) is 0 Å². The Balaban J connectivity index is 3.06. The number of rotatable bonds is 8. The largest absolute Gasteiger partial charge is 0.490 e. The second kappa shape index (κ2) is 9.52. The highest BCUT2D eigenvalue weighted by molar-refractivity contribution is 5.97. The Bertz CT molecular complexity index is 600. The van der Waals surface area contributed by atoms with E-state index in [1.54, 1.807) is 25.1 Å². The average Bonchev–Trinajstić information content (AvgIpc) is 2.52. The van der Waals surface area contributed by atoms with Crippen LogP contribution in [0, 0.1) is 17.2 Å². The molecule has 0 radical (unpaired) electrons. The van der Waals surface area contributed by atoms with E-state index in [1.807, 2.05) is 13.0 Å². The van der Waals surface area contributed by atoms with Crippen molar-refractivity contribution in [2.75, 3.05) is 19.8 Å². The lowest BCUT2D eigenvalue weighted by Gasteiger charge is -2.14. The maximum atomic E-state index is 11.7. The van der Waals surface area contributed by atoms with Crippen molar-refractivity contribution in [2.24, 2.45) is 5.92 Å². The molecule has 0 saturated heterocycles. The molecule has 0 spiro atoms. The van der Waals surface area contributed by atoms with E-state index >= 15 is 0 Å². The molecule has 1 aromatic rings. The number of carbonyl (C=O) groups excluding carboxylic acids is 1. The van der Waals surface area contributed by atoms with Crippen LogP contribution in [0.4, 0.5) is 0 Å². The van der Waals surface area contributed by atoms with Crippen LogP contribution in [0.15, 0.2) is 23.8 Å². The van der Waals surface area contributed by atoms with E-state index in [2.05, 4.69) is 13.8 Å². The van der Waals surface area contributed by atoms with Gasteiger partial charge in [-0.1, -0.05) is 19.9 Å². The van der Waals surface area contributed by atoms with Crippen LogP contribution in [0.3, 0.4) is 0 Å². The summed E-state index contributed by atoms with van der Waals surface area (Å²) in [4.78, 5) is 11.7. The fraction of sp³-hybridized carbons (Fsp3) is 0.444. The number of nitriles is 1. The summed E-state index contributed by atoms with van der Waals surface area (Å²) in [6, 6.07) is 7.15. The third-order valence-corrected chi connectivity index (χ3v) is 2.77. The highest BCUT2D eigenvalue weighted by Gasteiger charge is 2.12. The van der Waals surface area contributed by atoms with Gasteiger partial charge in [0.2, 0.25) is 0 Å². The molecule has 1 rings (SSSR count). The Morgan fingerprint density at radius 2 is 1.96 bits per heavy atom. The first-order chi connectivity index (χ1) is 11.0. The van der Waals surface area contributed by atoms with E-state index in [9.17, 15) is 4.79 Å². The van der Waals surface area contributed by atoms with Crippen molar-refractivity contribution in [2.45, 2.75) is 27.7 Å². The van der Waals surface area contributed by atoms with E-state index in [0.29, 0.717) is 36.2 Å². The first-order valence-electron chi connectivity index (χ1n) is 7.70. The molecule has 0 fully saturated rings. The highest BCUT2D eigenvalue weighted by Crippen LogP contribution is 2.29. The minimum atomic E-state index is -0.631. The zero-order valence-corrected chi connectivity index (χ0v) is 14.1. The molecular weight excluding hydrogens is 294 g/mol. The Morgan fingerprint density at radius 3 is 2.52 bits per heavy atom. The molecule has 0 unspecified atom stereocenters. The van der Waals surface area contributed by atoms with Gasteiger partial charge in [0.25, 0.3) is 0 Å². The zero-order valence-electron chi connectivity index (χ0n) is 14.1. The quantitative estimate of drug-likeness (QED) is 0.416. The van der Waals surface area contributed by atoms with Crippen LogP contribution in [0.5, 0.6) is 11.5 Å². The molecule has 5 heteroatoms. The van der Waals surface area contributed by atoms with E-state index < -0.39 is 5.97 Å². The van der Waals surface area contributed by atoms with Gasteiger partial charge < -0.3 is 14.2 Å².